The zero-order chi connectivity index (χ0) is 13.1. The van der Waals surface area contributed by atoms with E-state index < -0.39 is 4.92 Å². The fraction of sp³-hybridized carbons (Fsp3) is 0.182. The van der Waals surface area contributed by atoms with Gasteiger partial charge in [0.25, 0.3) is 5.69 Å². The first kappa shape index (κ1) is 12.4. The fourth-order valence-electron chi connectivity index (χ4n) is 1.41. The summed E-state index contributed by atoms with van der Waals surface area (Å²) in [6.45, 7) is 2.26. The lowest BCUT2D eigenvalue weighted by Crippen LogP contribution is -2.01. The van der Waals surface area contributed by atoms with Crippen LogP contribution < -0.4 is 5.32 Å². The maximum Gasteiger partial charge on any atom is 0.289 e. The molecule has 2 rings (SSSR count). The number of pyridine rings is 1. The predicted molar refractivity (Wildman–Crippen MR) is 66.7 cm³/mol. The maximum absolute atomic E-state index is 10.5. The van der Waals surface area contributed by atoms with E-state index in [2.05, 4.69) is 10.3 Å². The first-order valence-corrected chi connectivity index (χ1v) is 5.53. The summed E-state index contributed by atoms with van der Waals surface area (Å²) in [6, 6.07) is 4.94. The summed E-state index contributed by atoms with van der Waals surface area (Å²) < 4.78 is 5.37. The van der Waals surface area contributed by atoms with Crippen molar-refractivity contribution in [2.24, 2.45) is 0 Å². The van der Waals surface area contributed by atoms with Crippen LogP contribution in [0.4, 0.5) is 11.5 Å². The summed E-state index contributed by atoms with van der Waals surface area (Å²) >= 11 is 5.88. The molecule has 0 saturated carbocycles. The summed E-state index contributed by atoms with van der Waals surface area (Å²) in [6.07, 6.45) is 1.15. The second kappa shape index (κ2) is 5.05. The largest absolute Gasteiger partial charge is 0.465 e. The lowest BCUT2D eigenvalue weighted by atomic mass is 10.4. The van der Waals surface area contributed by atoms with Crippen LogP contribution in [0.1, 0.15) is 11.5 Å². The number of hydrogen-bond acceptors (Lipinski definition) is 5. The molecule has 0 bridgehead atoms. The van der Waals surface area contributed by atoms with Gasteiger partial charge in [0.1, 0.15) is 23.5 Å². The summed E-state index contributed by atoms with van der Waals surface area (Å²) in [5, 5.41) is 13.7. The van der Waals surface area contributed by atoms with Crippen LogP contribution >= 0.6 is 11.6 Å². The minimum Gasteiger partial charge on any atom is -0.465 e. The van der Waals surface area contributed by atoms with Gasteiger partial charge in [-0.25, -0.2) is 4.98 Å². The molecule has 18 heavy (non-hydrogen) atoms. The number of aromatic nitrogens is 1. The number of furan rings is 1. The molecule has 6 nitrogen and oxygen atoms in total. The highest BCUT2D eigenvalue weighted by Gasteiger charge is 2.11. The highest BCUT2D eigenvalue weighted by molar-refractivity contribution is 6.33. The topological polar surface area (TPSA) is 81.2 Å². The van der Waals surface area contributed by atoms with E-state index >= 15 is 0 Å². The lowest BCUT2D eigenvalue weighted by molar-refractivity contribution is -0.385. The third-order valence-corrected chi connectivity index (χ3v) is 2.55. The number of aryl methyl sites for hydroxylation is 1. The average molecular weight is 268 g/mol. The third-order valence-electron chi connectivity index (χ3n) is 2.26. The summed E-state index contributed by atoms with van der Waals surface area (Å²) in [4.78, 5) is 13.9. The second-order valence-electron chi connectivity index (χ2n) is 3.65. The molecule has 0 spiro atoms. The Kier molecular flexibility index (Phi) is 3.47. The first-order chi connectivity index (χ1) is 8.56. The van der Waals surface area contributed by atoms with Gasteiger partial charge in [0.15, 0.2) is 0 Å². The molecule has 1 N–H and O–H groups in total. The fourth-order valence-corrected chi connectivity index (χ4v) is 1.64. The van der Waals surface area contributed by atoms with Gasteiger partial charge in [-0.05, 0) is 19.1 Å². The Bertz CT molecular complexity index is 583. The van der Waals surface area contributed by atoms with Crippen LogP contribution in [0.3, 0.4) is 0 Å². The zero-order valence-electron chi connectivity index (χ0n) is 9.51. The molecule has 0 aliphatic heterocycles. The number of anilines is 1. The van der Waals surface area contributed by atoms with Crippen LogP contribution in [0, 0.1) is 17.0 Å². The molecule has 2 aromatic heterocycles. The summed E-state index contributed by atoms with van der Waals surface area (Å²) in [7, 11) is 0. The molecule has 0 radical (unpaired) electrons. The van der Waals surface area contributed by atoms with Crippen molar-refractivity contribution in [1.29, 1.82) is 0 Å². The number of nitrogens with zero attached hydrogens (tertiary/aromatic N) is 2. The van der Waals surface area contributed by atoms with Gasteiger partial charge in [-0.15, -0.1) is 0 Å². The molecule has 94 valence electrons. The van der Waals surface area contributed by atoms with Gasteiger partial charge in [-0.3, -0.25) is 10.1 Å². The van der Waals surface area contributed by atoms with E-state index in [4.69, 9.17) is 16.0 Å². The Balaban J connectivity index is 2.08. The molecule has 0 saturated heterocycles. The van der Waals surface area contributed by atoms with Gasteiger partial charge in [0.05, 0.1) is 16.5 Å². The van der Waals surface area contributed by atoms with Crippen LogP contribution in [0.25, 0.3) is 0 Å². The first-order valence-electron chi connectivity index (χ1n) is 5.15. The van der Waals surface area contributed by atoms with Crippen molar-refractivity contribution in [3.63, 3.8) is 0 Å². The maximum atomic E-state index is 10.5. The van der Waals surface area contributed by atoms with E-state index in [-0.39, 0.29) is 10.7 Å². The van der Waals surface area contributed by atoms with Gasteiger partial charge in [0, 0.05) is 6.07 Å². The number of nitro groups is 1. The quantitative estimate of drug-likeness (QED) is 0.680. The van der Waals surface area contributed by atoms with Crippen LogP contribution in [0.2, 0.25) is 5.02 Å². The molecule has 0 aromatic carbocycles. The summed E-state index contributed by atoms with van der Waals surface area (Å²) in [5.41, 5.74) is -0.139. The van der Waals surface area contributed by atoms with Crippen molar-refractivity contribution in [1.82, 2.24) is 4.98 Å². The lowest BCUT2D eigenvalue weighted by Gasteiger charge is -2.05. The van der Waals surface area contributed by atoms with Gasteiger partial charge in [-0.2, -0.15) is 0 Å². The predicted octanol–water partition coefficient (Wildman–Crippen LogP) is 3.16. The molecular formula is C11H10ClN3O3. The Morgan fingerprint density at radius 3 is 2.89 bits per heavy atom. The standard InChI is InChI=1S/C11H10ClN3O3/c1-7-2-3-9(18-7)6-14-11-10(12)4-8(5-13-11)15(16)17/h2-5H,6H2,1H3,(H,13,14). The minimum absolute atomic E-state index is 0.139. The van der Waals surface area contributed by atoms with E-state index in [1.807, 2.05) is 19.1 Å². The minimum atomic E-state index is -0.543. The van der Waals surface area contributed by atoms with Crippen molar-refractivity contribution < 1.29 is 9.34 Å². The molecular weight excluding hydrogens is 258 g/mol. The molecule has 0 aliphatic rings. The molecule has 0 fully saturated rings. The molecule has 7 heteroatoms. The highest BCUT2D eigenvalue weighted by atomic mass is 35.5. The van der Waals surface area contributed by atoms with E-state index in [1.54, 1.807) is 0 Å². The highest BCUT2D eigenvalue weighted by Crippen LogP contribution is 2.24. The molecule has 0 unspecified atom stereocenters. The second-order valence-corrected chi connectivity index (χ2v) is 4.05. The van der Waals surface area contributed by atoms with E-state index in [0.29, 0.717) is 12.4 Å². The molecule has 0 aliphatic carbocycles. The molecule has 2 aromatic rings. The van der Waals surface area contributed by atoms with E-state index in [0.717, 1.165) is 17.7 Å². The van der Waals surface area contributed by atoms with Crippen LogP contribution in [0.15, 0.2) is 28.8 Å². The molecule has 0 atom stereocenters. The van der Waals surface area contributed by atoms with Crippen LogP contribution in [0.5, 0.6) is 0 Å². The Hall–Kier alpha value is -2.08. The monoisotopic (exact) mass is 267 g/mol. The van der Waals surface area contributed by atoms with Gasteiger partial charge < -0.3 is 9.73 Å². The number of rotatable bonds is 4. The molecule has 2 heterocycles. The average Bonchev–Trinajstić information content (AvgIpc) is 2.73. The Morgan fingerprint density at radius 2 is 2.33 bits per heavy atom. The van der Waals surface area contributed by atoms with Crippen molar-refractivity contribution in [2.45, 2.75) is 13.5 Å². The Labute approximate surface area is 108 Å². The van der Waals surface area contributed by atoms with E-state index in [1.165, 1.54) is 6.07 Å². The van der Waals surface area contributed by atoms with Crippen molar-refractivity contribution in [3.05, 3.63) is 51.1 Å². The Morgan fingerprint density at radius 1 is 1.56 bits per heavy atom. The normalized spacial score (nSPS) is 10.3. The van der Waals surface area contributed by atoms with Gasteiger partial charge >= 0.3 is 0 Å². The van der Waals surface area contributed by atoms with Gasteiger partial charge in [-0.1, -0.05) is 11.6 Å². The molecule has 0 amide bonds. The third kappa shape index (κ3) is 2.78. The number of hydrogen-bond donors (Lipinski definition) is 1. The SMILES string of the molecule is Cc1ccc(CNc2ncc([N+](=O)[O-])cc2Cl)o1. The van der Waals surface area contributed by atoms with Crippen LogP contribution in [-0.4, -0.2) is 9.91 Å². The number of nitrogens with one attached hydrogen (secondary N) is 1. The van der Waals surface area contributed by atoms with Gasteiger partial charge in [0.2, 0.25) is 0 Å². The zero-order valence-corrected chi connectivity index (χ0v) is 10.3. The smallest absolute Gasteiger partial charge is 0.289 e. The van der Waals surface area contributed by atoms with Crippen LogP contribution in [-0.2, 0) is 6.54 Å². The van der Waals surface area contributed by atoms with Crippen molar-refractivity contribution in [3.8, 4) is 0 Å². The summed E-state index contributed by atoms with van der Waals surface area (Å²) in [5.74, 6) is 1.94. The number of halogens is 1. The van der Waals surface area contributed by atoms with E-state index in [9.17, 15) is 10.1 Å². The van der Waals surface area contributed by atoms with Crippen molar-refractivity contribution >= 4 is 23.1 Å². The van der Waals surface area contributed by atoms with Crippen molar-refractivity contribution in [2.75, 3.05) is 5.32 Å².